The molecule has 2 heterocycles. The van der Waals surface area contributed by atoms with Crippen molar-refractivity contribution in [1.29, 1.82) is 0 Å². The quantitative estimate of drug-likeness (QED) is 0.230. The van der Waals surface area contributed by atoms with Crippen LogP contribution in [0.15, 0.2) is 76.2 Å². The Morgan fingerprint density at radius 2 is 1.90 bits per heavy atom. The molecular formula is C29H28N2O7S. The van der Waals surface area contributed by atoms with Crippen LogP contribution in [0, 0.1) is 0 Å². The molecule has 0 aliphatic carbocycles. The Bertz CT molecular complexity index is 1630. The number of hydrogen-bond acceptors (Lipinski definition) is 9. The van der Waals surface area contributed by atoms with Crippen molar-refractivity contribution < 1.29 is 28.5 Å². The molecule has 0 N–H and O–H groups in total. The standard InChI is InChI=1S/C29H28N2O7S/c1-6-14-37-21-11-8-19(9-12-21)15-24-27(33)31-26(20-10-13-22(38-18(4)32)23(16-20)35-5)25(28(34)36-7-2)17(3)30-29(31)39-24/h6,8-13,15-16,26H,1,7,14H2,2-5H3/b24-15-. The summed E-state index contributed by atoms with van der Waals surface area (Å²) in [5.41, 5.74) is 1.74. The van der Waals surface area contributed by atoms with Gasteiger partial charge in [0.05, 0.1) is 35.6 Å². The van der Waals surface area contributed by atoms with Crippen molar-refractivity contribution in [1.82, 2.24) is 4.57 Å². The van der Waals surface area contributed by atoms with E-state index in [0.29, 0.717) is 33.0 Å². The second-order valence-electron chi connectivity index (χ2n) is 8.47. The predicted octanol–water partition coefficient (Wildman–Crippen LogP) is 3.30. The molecule has 0 bridgehead atoms. The number of esters is 2. The van der Waals surface area contributed by atoms with Crippen molar-refractivity contribution in [2.24, 2.45) is 4.99 Å². The summed E-state index contributed by atoms with van der Waals surface area (Å²) in [5.74, 6) is 0.115. The molecule has 4 rings (SSSR count). The van der Waals surface area contributed by atoms with E-state index in [0.717, 1.165) is 5.56 Å². The number of fused-ring (bicyclic) bond motifs is 1. The van der Waals surface area contributed by atoms with Gasteiger partial charge in [-0.25, -0.2) is 9.79 Å². The van der Waals surface area contributed by atoms with Crippen LogP contribution in [0.4, 0.5) is 0 Å². The zero-order chi connectivity index (χ0) is 28.1. The van der Waals surface area contributed by atoms with E-state index >= 15 is 0 Å². The average molecular weight is 549 g/mol. The van der Waals surface area contributed by atoms with Gasteiger partial charge in [0.2, 0.25) is 0 Å². The Labute approximate surface area is 228 Å². The molecule has 0 saturated heterocycles. The molecule has 1 aliphatic rings. The van der Waals surface area contributed by atoms with Crippen molar-refractivity contribution in [2.75, 3.05) is 20.3 Å². The molecule has 0 radical (unpaired) electrons. The van der Waals surface area contributed by atoms with Crippen molar-refractivity contribution in [2.45, 2.75) is 26.8 Å². The van der Waals surface area contributed by atoms with Gasteiger partial charge in [-0.3, -0.25) is 14.2 Å². The van der Waals surface area contributed by atoms with Crippen LogP contribution in [0.2, 0.25) is 0 Å². The van der Waals surface area contributed by atoms with Crippen LogP contribution in [0.1, 0.15) is 37.9 Å². The molecule has 3 aromatic rings. The molecule has 0 fully saturated rings. The Morgan fingerprint density at radius 3 is 2.54 bits per heavy atom. The van der Waals surface area contributed by atoms with Crippen LogP contribution in [0.25, 0.3) is 6.08 Å². The van der Waals surface area contributed by atoms with Crippen LogP contribution < -0.4 is 29.1 Å². The van der Waals surface area contributed by atoms with Crippen molar-refractivity contribution in [3.63, 3.8) is 0 Å². The summed E-state index contributed by atoms with van der Waals surface area (Å²) >= 11 is 1.22. The van der Waals surface area contributed by atoms with E-state index in [-0.39, 0.29) is 29.2 Å². The summed E-state index contributed by atoms with van der Waals surface area (Å²) in [6.45, 7) is 8.91. The number of benzene rings is 2. The summed E-state index contributed by atoms with van der Waals surface area (Å²) in [5, 5.41) is 0. The number of ether oxygens (including phenoxy) is 4. The molecule has 1 aliphatic heterocycles. The Hall–Kier alpha value is -4.44. The van der Waals surface area contributed by atoms with Gasteiger partial charge in [-0.05, 0) is 55.3 Å². The minimum atomic E-state index is -0.836. The van der Waals surface area contributed by atoms with E-state index in [2.05, 4.69) is 11.6 Å². The lowest BCUT2D eigenvalue weighted by atomic mass is 9.95. The zero-order valence-electron chi connectivity index (χ0n) is 22.1. The number of allylic oxidation sites excluding steroid dienone is 1. The lowest BCUT2D eigenvalue weighted by Crippen LogP contribution is -2.40. The Kier molecular flexibility index (Phi) is 8.46. The molecule has 2 aromatic carbocycles. The van der Waals surface area contributed by atoms with Gasteiger partial charge < -0.3 is 18.9 Å². The van der Waals surface area contributed by atoms with Crippen molar-refractivity contribution >= 4 is 29.4 Å². The van der Waals surface area contributed by atoms with Crippen LogP contribution >= 0.6 is 11.3 Å². The molecular weight excluding hydrogens is 520 g/mol. The molecule has 1 unspecified atom stereocenters. The van der Waals surface area contributed by atoms with Crippen LogP contribution in [-0.2, 0) is 14.3 Å². The highest BCUT2D eigenvalue weighted by Crippen LogP contribution is 2.36. The first-order valence-electron chi connectivity index (χ1n) is 12.2. The molecule has 1 atom stereocenters. The van der Waals surface area contributed by atoms with E-state index in [1.807, 2.05) is 24.3 Å². The van der Waals surface area contributed by atoms with Gasteiger partial charge >= 0.3 is 11.9 Å². The predicted molar refractivity (Wildman–Crippen MR) is 147 cm³/mol. The van der Waals surface area contributed by atoms with Gasteiger partial charge in [-0.1, -0.05) is 42.2 Å². The minimum Gasteiger partial charge on any atom is -0.493 e. The normalized spacial score (nSPS) is 14.8. The number of hydrogen-bond donors (Lipinski definition) is 0. The molecule has 0 amide bonds. The maximum atomic E-state index is 13.8. The van der Waals surface area contributed by atoms with E-state index in [9.17, 15) is 14.4 Å². The largest absolute Gasteiger partial charge is 0.493 e. The Balaban J connectivity index is 1.87. The highest BCUT2D eigenvalue weighted by molar-refractivity contribution is 7.07. The SMILES string of the molecule is C=CCOc1ccc(/C=c2\sc3n(c2=O)C(c2ccc(OC(C)=O)c(OC)c2)C(C(=O)OCC)=C(C)N=3)cc1. The van der Waals surface area contributed by atoms with Gasteiger partial charge in [0, 0.05) is 6.92 Å². The van der Waals surface area contributed by atoms with Gasteiger partial charge in [-0.2, -0.15) is 0 Å². The topological polar surface area (TPSA) is 105 Å². The maximum Gasteiger partial charge on any atom is 0.338 e. The van der Waals surface area contributed by atoms with Gasteiger partial charge in [0.25, 0.3) is 5.56 Å². The molecule has 1 aromatic heterocycles. The summed E-state index contributed by atoms with van der Waals surface area (Å²) in [6.07, 6.45) is 3.43. The molecule has 0 spiro atoms. The average Bonchev–Trinajstić information content (AvgIpc) is 3.21. The first-order valence-corrected chi connectivity index (χ1v) is 13.0. The zero-order valence-corrected chi connectivity index (χ0v) is 22.9. The highest BCUT2D eigenvalue weighted by Gasteiger charge is 2.34. The molecule has 0 saturated carbocycles. The third kappa shape index (κ3) is 5.85. The second-order valence-corrected chi connectivity index (χ2v) is 9.48. The highest BCUT2D eigenvalue weighted by atomic mass is 32.1. The lowest BCUT2D eigenvalue weighted by Gasteiger charge is -2.25. The number of rotatable bonds is 9. The van der Waals surface area contributed by atoms with Gasteiger partial charge in [-0.15, -0.1) is 0 Å². The van der Waals surface area contributed by atoms with Crippen molar-refractivity contribution in [3.8, 4) is 17.2 Å². The fourth-order valence-electron chi connectivity index (χ4n) is 4.17. The second kappa shape index (κ2) is 12.0. The van der Waals surface area contributed by atoms with E-state index in [1.54, 1.807) is 44.2 Å². The van der Waals surface area contributed by atoms with E-state index in [1.165, 1.54) is 29.9 Å². The maximum absolute atomic E-state index is 13.8. The number of nitrogens with zero attached hydrogens (tertiary/aromatic N) is 2. The molecule has 10 heteroatoms. The van der Waals surface area contributed by atoms with Crippen LogP contribution in [-0.4, -0.2) is 36.8 Å². The number of thiazole rings is 1. The third-order valence-electron chi connectivity index (χ3n) is 5.82. The van der Waals surface area contributed by atoms with E-state index in [4.69, 9.17) is 18.9 Å². The molecule has 9 nitrogen and oxygen atoms in total. The fourth-order valence-corrected chi connectivity index (χ4v) is 5.21. The first kappa shape index (κ1) is 27.6. The Morgan fingerprint density at radius 1 is 1.15 bits per heavy atom. The minimum absolute atomic E-state index is 0.161. The summed E-state index contributed by atoms with van der Waals surface area (Å²) in [6, 6.07) is 11.4. The van der Waals surface area contributed by atoms with Gasteiger partial charge in [0.15, 0.2) is 16.3 Å². The fraction of sp³-hybridized carbons (Fsp3) is 0.241. The monoisotopic (exact) mass is 548 g/mol. The lowest BCUT2D eigenvalue weighted by molar-refractivity contribution is -0.139. The smallest absolute Gasteiger partial charge is 0.338 e. The number of methoxy groups -OCH3 is 1. The molecule has 39 heavy (non-hydrogen) atoms. The van der Waals surface area contributed by atoms with Crippen molar-refractivity contribution in [3.05, 3.63) is 97.2 Å². The molecule has 202 valence electrons. The van der Waals surface area contributed by atoms with E-state index < -0.39 is 18.0 Å². The van der Waals surface area contributed by atoms with Crippen LogP contribution in [0.3, 0.4) is 0 Å². The summed E-state index contributed by atoms with van der Waals surface area (Å²) < 4.78 is 23.5. The first-order chi connectivity index (χ1) is 18.8. The third-order valence-corrected chi connectivity index (χ3v) is 6.80. The van der Waals surface area contributed by atoms with Crippen LogP contribution in [0.5, 0.6) is 17.2 Å². The number of carbonyl (C=O) groups excluding carboxylic acids is 2. The summed E-state index contributed by atoms with van der Waals surface area (Å²) in [4.78, 5) is 43.4. The number of carbonyl (C=O) groups is 2. The number of aromatic nitrogens is 1. The summed E-state index contributed by atoms with van der Waals surface area (Å²) in [7, 11) is 1.44. The van der Waals surface area contributed by atoms with Gasteiger partial charge in [0.1, 0.15) is 12.4 Å².